The van der Waals surface area contributed by atoms with Gasteiger partial charge in [0.15, 0.2) is 6.61 Å². The van der Waals surface area contributed by atoms with Crippen molar-refractivity contribution >= 4 is 17.8 Å². The van der Waals surface area contributed by atoms with Crippen molar-refractivity contribution in [3.8, 4) is 5.75 Å². The SMILES string of the molecule is CC(NC(N)=O)C(=O)NNC(=O)COc1ccc(F)cc1. The van der Waals surface area contributed by atoms with Crippen LogP contribution in [0.3, 0.4) is 0 Å². The number of nitrogens with one attached hydrogen (secondary N) is 3. The first-order chi connectivity index (χ1) is 9.88. The number of amides is 4. The van der Waals surface area contributed by atoms with Gasteiger partial charge < -0.3 is 15.8 Å². The quantitative estimate of drug-likeness (QED) is 0.542. The number of primary amides is 1. The highest BCUT2D eigenvalue weighted by molar-refractivity contribution is 5.88. The Morgan fingerprint density at radius 2 is 1.86 bits per heavy atom. The number of carbonyl (C=O) groups is 3. The van der Waals surface area contributed by atoms with Crippen LogP contribution in [0.15, 0.2) is 24.3 Å². The molecule has 4 amide bonds. The van der Waals surface area contributed by atoms with Crippen molar-refractivity contribution < 1.29 is 23.5 Å². The molecule has 0 spiro atoms. The Bertz CT molecular complexity index is 520. The number of hydrazine groups is 1. The Balaban J connectivity index is 2.29. The van der Waals surface area contributed by atoms with E-state index in [1.54, 1.807) is 0 Å². The van der Waals surface area contributed by atoms with Gasteiger partial charge in [-0.2, -0.15) is 0 Å². The molecule has 1 atom stereocenters. The first kappa shape index (κ1) is 16.2. The molecule has 5 N–H and O–H groups in total. The molecule has 0 saturated heterocycles. The highest BCUT2D eigenvalue weighted by Crippen LogP contribution is 2.10. The normalized spacial score (nSPS) is 11.1. The molecule has 114 valence electrons. The fourth-order valence-electron chi connectivity index (χ4n) is 1.23. The minimum Gasteiger partial charge on any atom is -0.484 e. The van der Waals surface area contributed by atoms with Gasteiger partial charge in [-0.05, 0) is 31.2 Å². The molecule has 1 unspecified atom stereocenters. The van der Waals surface area contributed by atoms with Crippen molar-refractivity contribution in [1.29, 1.82) is 0 Å². The van der Waals surface area contributed by atoms with Gasteiger partial charge in [0.05, 0.1) is 0 Å². The summed E-state index contributed by atoms with van der Waals surface area (Å²) in [5.41, 5.74) is 9.02. The van der Waals surface area contributed by atoms with Crippen molar-refractivity contribution in [2.24, 2.45) is 5.73 Å². The molecule has 0 aliphatic rings. The summed E-state index contributed by atoms with van der Waals surface area (Å²) in [6, 6.07) is 3.34. The summed E-state index contributed by atoms with van der Waals surface area (Å²) in [6.45, 7) is 1.02. The lowest BCUT2D eigenvalue weighted by molar-refractivity contribution is -0.130. The van der Waals surface area contributed by atoms with Gasteiger partial charge in [0.25, 0.3) is 11.8 Å². The van der Waals surface area contributed by atoms with Gasteiger partial charge in [-0.25, -0.2) is 9.18 Å². The molecule has 0 aliphatic heterocycles. The summed E-state index contributed by atoms with van der Waals surface area (Å²) < 4.78 is 17.7. The third kappa shape index (κ3) is 6.23. The molecular weight excluding hydrogens is 283 g/mol. The summed E-state index contributed by atoms with van der Waals surface area (Å²) in [6.07, 6.45) is 0. The van der Waals surface area contributed by atoms with Crippen LogP contribution >= 0.6 is 0 Å². The fraction of sp³-hybridized carbons (Fsp3) is 0.250. The average Bonchev–Trinajstić information content (AvgIpc) is 2.43. The summed E-state index contributed by atoms with van der Waals surface area (Å²) in [5, 5.41) is 2.14. The number of ether oxygens (including phenoxy) is 1. The Kier molecular flexibility index (Phi) is 5.93. The second kappa shape index (κ2) is 7.68. The summed E-state index contributed by atoms with van der Waals surface area (Å²) in [7, 11) is 0. The molecule has 1 aromatic carbocycles. The topological polar surface area (TPSA) is 123 Å². The Hall–Kier alpha value is -2.84. The smallest absolute Gasteiger partial charge is 0.312 e. The predicted molar refractivity (Wildman–Crippen MR) is 70.4 cm³/mol. The monoisotopic (exact) mass is 298 g/mol. The highest BCUT2D eigenvalue weighted by Gasteiger charge is 2.14. The van der Waals surface area contributed by atoms with Crippen LogP contribution in [-0.2, 0) is 9.59 Å². The van der Waals surface area contributed by atoms with E-state index in [9.17, 15) is 18.8 Å². The van der Waals surface area contributed by atoms with E-state index < -0.39 is 29.7 Å². The molecule has 0 heterocycles. The second-order valence-corrected chi connectivity index (χ2v) is 4.01. The van der Waals surface area contributed by atoms with Gasteiger partial charge in [0.2, 0.25) is 0 Å². The molecule has 1 aromatic rings. The minimum atomic E-state index is -0.902. The molecular formula is C12H15FN4O4. The number of urea groups is 1. The molecule has 0 saturated carbocycles. The average molecular weight is 298 g/mol. The zero-order chi connectivity index (χ0) is 15.8. The van der Waals surface area contributed by atoms with Crippen molar-refractivity contribution in [3.05, 3.63) is 30.1 Å². The summed E-state index contributed by atoms with van der Waals surface area (Å²) >= 11 is 0. The van der Waals surface area contributed by atoms with Crippen LogP contribution in [0, 0.1) is 5.82 Å². The first-order valence-corrected chi connectivity index (χ1v) is 5.91. The van der Waals surface area contributed by atoms with Gasteiger partial charge in [0, 0.05) is 0 Å². The maximum Gasteiger partial charge on any atom is 0.312 e. The third-order valence-corrected chi connectivity index (χ3v) is 2.26. The number of rotatable bonds is 5. The van der Waals surface area contributed by atoms with E-state index in [0.29, 0.717) is 5.75 Å². The molecule has 0 fully saturated rings. The third-order valence-electron chi connectivity index (χ3n) is 2.26. The molecule has 0 radical (unpaired) electrons. The van der Waals surface area contributed by atoms with Crippen LogP contribution in [-0.4, -0.2) is 30.5 Å². The van der Waals surface area contributed by atoms with E-state index in [2.05, 4.69) is 16.2 Å². The summed E-state index contributed by atoms with van der Waals surface area (Å²) in [5.74, 6) is -1.39. The van der Waals surface area contributed by atoms with Crippen molar-refractivity contribution in [1.82, 2.24) is 16.2 Å². The van der Waals surface area contributed by atoms with E-state index >= 15 is 0 Å². The van der Waals surface area contributed by atoms with Gasteiger partial charge >= 0.3 is 6.03 Å². The highest BCUT2D eigenvalue weighted by atomic mass is 19.1. The van der Waals surface area contributed by atoms with Crippen molar-refractivity contribution in [2.75, 3.05) is 6.61 Å². The lowest BCUT2D eigenvalue weighted by Gasteiger charge is -2.13. The van der Waals surface area contributed by atoms with E-state index in [0.717, 1.165) is 0 Å². The number of benzene rings is 1. The van der Waals surface area contributed by atoms with Gasteiger partial charge in [-0.3, -0.25) is 20.4 Å². The second-order valence-electron chi connectivity index (χ2n) is 4.01. The summed E-state index contributed by atoms with van der Waals surface area (Å²) in [4.78, 5) is 33.3. The standard InChI is InChI=1S/C12H15FN4O4/c1-7(15-12(14)20)11(19)17-16-10(18)6-21-9-4-2-8(13)3-5-9/h2-5,7H,6H2,1H3,(H,16,18)(H,17,19)(H3,14,15,20). The van der Waals surface area contributed by atoms with E-state index in [1.165, 1.54) is 31.2 Å². The first-order valence-electron chi connectivity index (χ1n) is 5.91. The van der Waals surface area contributed by atoms with Gasteiger partial charge in [-0.1, -0.05) is 0 Å². The molecule has 1 rings (SSSR count). The lowest BCUT2D eigenvalue weighted by Crippen LogP contribution is -2.52. The van der Waals surface area contributed by atoms with E-state index in [4.69, 9.17) is 10.5 Å². The number of hydrogen-bond donors (Lipinski definition) is 4. The maximum absolute atomic E-state index is 12.6. The fourth-order valence-corrected chi connectivity index (χ4v) is 1.23. The van der Waals surface area contributed by atoms with Crippen LogP contribution in [0.4, 0.5) is 9.18 Å². The predicted octanol–water partition coefficient (Wildman–Crippen LogP) is -0.591. The van der Waals surface area contributed by atoms with E-state index in [1.807, 2.05) is 0 Å². The largest absolute Gasteiger partial charge is 0.484 e. The Morgan fingerprint density at radius 1 is 1.24 bits per heavy atom. The number of carbonyl (C=O) groups excluding carboxylic acids is 3. The molecule has 0 aliphatic carbocycles. The van der Waals surface area contributed by atoms with Crippen LogP contribution in [0.5, 0.6) is 5.75 Å². The van der Waals surface area contributed by atoms with Gasteiger partial charge in [0.1, 0.15) is 17.6 Å². The molecule has 0 aromatic heterocycles. The lowest BCUT2D eigenvalue weighted by atomic mass is 10.3. The molecule has 0 bridgehead atoms. The van der Waals surface area contributed by atoms with Crippen LogP contribution in [0.1, 0.15) is 6.92 Å². The maximum atomic E-state index is 12.6. The number of hydrogen-bond acceptors (Lipinski definition) is 4. The van der Waals surface area contributed by atoms with Crippen molar-refractivity contribution in [3.63, 3.8) is 0 Å². The molecule has 9 heteroatoms. The van der Waals surface area contributed by atoms with Gasteiger partial charge in [-0.15, -0.1) is 0 Å². The number of nitrogens with two attached hydrogens (primary N) is 1. The minimum absolute atomic E-state index is 0.307. The zero-order valence-electron chi connectivity index (χ0n) is 11.2. The molecule has 21 heavy (non-hydrogen) atoms. The van der Waals surface area contributed by atoms with Crippen molar-refractivity contribution in [2.45, 2.75) is 13.0 Å². The molecule has 8 nitrogen and oxygen atoms in total. The Morgan fingerprint density at radius 3 is 2.43 bits per heavy atom. The van der Waals surface area contributed by atoms with Crippen LogP contribution in [0.25, 0.3) is 0 Å². The van der Waals surface area contributed by atoms with Crippen LogP contribution in [0.2, 0.25) is 0 Å². The van der Waals surface area contributed by atoms with E-state index in [-0.39, 0.29) is 6.61 Å². The van der Waals surface area contributed by atoms with Crippen LogP contribution < -0.4 is 26.6 Å². The zero-order valence-corrected chi connectivity index (χ0v) is 11.2. The Labute approximate surface area is 119 Å². The number of halogens is 1.